The molecule has 2 N–H and O–H groups in total. The molecule has 0 heterocycles. The van der Waals surface area contributed by atoms with Gasteiger partial charge in [-0.05, 0) is 32.7 Å². The molecule has 1 aliphatic carbocycles. The van der Waals surface area contributed by atoms with Crippen LogP contribution in [0, 0.1) is 0 Å². The van der Waals surface area contributed by atoms with Crippen molar-refractivity contribution in [2.75, 3.05) is 13.6 Å². The lowest BCUT2D eigenvalue weighted by molar-refractivity contribution is 0.0649. The van der Waals surface area contributed by atoms with Gasteiger partial charge in [0, 0.05) is 18.1 Å². The Hall–Kier alpha value is -0.0800. The number of rotatable bonds is 7. The predicted molar refractivity (Wildman–Crippen MR) is 71.6 cm³/mol. The van der Waals surface area contributed by atoms with Gasteiger partial charge >= 0.3 is 0 Å². The fraction of sp³-hybridized carbons (Fsp3) is 1.00. The van der Waals surface area contributed by atoms with E-state index in [2.05, 4.69) is 25.8 Å². The molecule has 0 aromatic carbocycles. The van der Waals surface area contributed by atoms with Gasteiger partial charge in [-0.3, -0.25) is 4.90 Å². The summed E-state index contributed by atoms with van der Waals surface area (Å²) in [4.78, 5) is 2.62. The van der Waals surface area contributed by atoms with E-state index in [4.69, 9.17) is 5.73 Å². The molecule has 0 saturated heterocycles. The van der Waals surface area contributed by atoms with Crippen LogP contribution in [0.3, 0.4) is 0 Å². The Morgan fingerprint density at radius 3 is 2.31 bits per heavy atom. The Morgan fingerprint density at radius 1 is 1.25 bits per heavy atom. The fourth-order valence-electron chi connectivity index (χ4n) is 3.18. The van der Waals surface area contributed by atoms with Crippen LogP contribution >= 0.6 is 0 Å². The van der Waals surface area contributed by atoms with Crippen LogP contribution in [0.1, 0.15) is 65.2 Å². The van der Waals surface area contributed by atoms with Gasteiger partial charge in [0.2, 0.25) is 0 Å². The molecule has 0 aromatic heterocycles. The summed E-state index contributed by atoms with van der Waals surface area (Å²) in [6, 6.07) is 0.792. The van der Waals surface area contributed by atoms with E-state index >= 15 is 0 Å². The van der Waals surface area contributed by atoms with Crippen LogP contribution in [0.5, 0.6) is 0 Å². The molecule has 0 amide bonds. The molecule has 0 bridgehead atoms. The zero-order valence-corrected chi connectivity index (χ0v) is 11.5. The Morgan fingerprint density at radius 2 is 1.88 bits per heavy atom. The third-order valence-electron chi connectivity index (χ3n) is 4.65. The van der Waals surface area contributed by atoms with Gasteiger partial charge in [0.05, 0.1) is 0 Å². The monoisotopic (exact) mass is 226 g/mol. The number of nitrogens with two attached hydrogens (primary N) is 1. The zero-order valence-electron chi connectivity index (χ0n) is 11.5. The van der Waals surface area contributed by atoms with Crippen molar-refractivity contribution in [3.63, 3.8) is 0 Å². The van der Waals surface area contributed by atoms with E-state index in [9.17, 15) is 0 Å². The highest BCUT2D eigenvalue weighted by Crippen LogP contribution is 2.32. The highest BCUT2D eigenvalue weighted by atomic mass is 15.2. The van der Waals surface area contributed by atoms with E-state index in [1.54, 1.807) is 0 Å². The van der Waals surface area contributed by atoms with Gasteiger partial charge in [0.15, 0.2) is 0 Å². The number of nitrogens with zero attached hydrogens (tertiary/aromatic N) is 1. The van der Waals surface area contributed by atoms with Gasteiger partial charge in [-0.15, -0.1) is 0 Å². The normalized spacial score (nSPS) is 21.6. The van der Waals surface area contributed by atoms with Crippen LogP contribution in [0.25, 0.3) is 0 Å². The smallest absolute Gasteiger partial charge is 0.0329 e. The maximum absolute atomic E-state index is 6.09. The minimum Gasteiger partial charge on any atom is -0.329 e. The fourth-order valence-corrected chi connectivity index (χ4v) is 3.18. The van der Waals surface area contributed by atoms with Crippen molar-refractivity contribution in [2.24, 2.45) is 5.73 Å². The zero-order chi connectivity index (χ0) is 12.0. The first-order chi connectivity index (χ1) is 7.70. The highest BCUT2D eigenvalue weighted by molar-refractivity contribution is 4.93. The molecule has 1 unspecified atom stereocenters. The molecular formula is C14H30N2. The number of unbranched alkanes of at least 4 members (excludes halogenated alkanes) is 1. The van der Waals surface area contributed by atoms with Crippen molar-refractivity contribution >= 4 is 0 Å². The molecule has 0 aliphatic heterocycles. The van der Waals surface area contributed by atoms with Gasteiger partial charge in [0.1, 0.15) is 0 Å². The Bertz CT molecular complexity index is 181. The summed E-state index contributed by atoms with van der Waals surface area (Å²) in [6.07, 6.45) is 10.6. The van der Waals surface area contributed by atoms with Crippen LogP contribution in [0.2, 0.25) is 0 Å². The maximum Gasteiger partial charge on any atom is 0.0329 e. The van der Waals surface area contributed by atoms with Crippen molar-refractivity contribution in [3.8, 4) is 0 Å². The summed E-state index contributed by atoms with van der Waals surface area (Å²) in [6.45, 7) is 5.39. The lowest BCUT2D eigenvalue weighted by atomic mass is 9.86. The number of hydrogen-bond acceptors (Lipinski definition) is 2. The van der Waals surface area contributed by atoms with Gasteiger partial charge < -0.3 is 5.73 Å². The van der Waals surface area contributed by atoms with E-state index in [0.717, 1.165) is 12.6 Å². The highest BCUT2D eigenvalue weighted by Gasteiger charge is 2.35. The van der Waals surface area contributed by atoms with E-state index in [0.29, 0.717) is 0 Å². The molecular weight excluding hydrogens is 196 g/mol. The Kier molecular flexibility index (Phi) is 5.77. The minimum atomic E-state index is 0.269. The largest absolute Gasteiger partial charge is 0.329 e. The summed E-state index contributed by atoms with van der Waals surface area (Å²) in [5, 5.41) is 0. The van der Waals surface area contributed by atoms with Crippen LogP contribution in [-0.4, -0.2) is 30.1 Å². The molecule has 2 heteroatoms. The lowest BCUT2D eigenvalue weighted by Gasteiger charge is -2.44. The molecule has 96 valence electrons. The van der Waals surface area contributed by atoms with E-state index in [1.807, 2.05) is 0 Å². The van der Waals surface area contributed by atoms with Gasteiger partial charge in [-0.2, -0.15) is 0 Å². The van der Waals surface area contributed by atoms with Crippen molar-refractivity contribution in [3.05, 3.63) is 0 Å². The van der Waals surface area contributed by atoms with Crippen LogP contribution < -0.4 is 5.73 Å². The molecule has 1 fully saturated rings. The molecule has 0 aromatic rings. The van der Waals surface area contributed by atoms with Crippen molar-refractivity contribution in [1.82, 2.24) is 4.90 Å². The van der Waals surface area contributed by atoms with Gasteiger partial charge in [0.25, 0.3) is 0 Å². The Labute approximate surface area is 102 Å². The van der Waals surface area contributed by atoms with Crippen molar-refractivity contribution in [1.29, 1.82) is 0 Å². The standard InChI is InChI=1S/C14H30N2/c1-4-6-11-14(5-2,12-15)16(3)13-9-7-8-10-13/h13H,4-12,15H2,1-3H3. The Balaban J connectivity index is 2.65. The molecule has 16 heavy (non-hydrogen) atoms. The topological polar surface area (TPSA) is 29.3 Å². The average molecular weight is 226 g/mol. The average Bonchev–Trinajstić information content (AvgIpc) is 2.84. The van der Waals surface area contributed by atoms with Crippen molar-refractivity contribution < 1.29 is 0 Å². The minimum absolute atomic E-state index is 0.269. The second-order valence-corrected chi connectivity index (χ2v) is 5.43. The molecule has 2 nitrogen and oxygen atoms in total. The molecule has 1 aliphatic rings. The maximum atomic E-state index is 6.09. The molecule has 0 radical (unpaired) electrons. The first-order valence-electron chi connectivity index (χ1n) is 7.13. The number of hydrogen-bond donors (Lipinski definition) is 1. The first-order valence-corrected chi connectivity index (χ1v) is 7.13. The second-order valence-electron chi connectivity index (χ2n) is 5.43. The number of likely N-dealkylation sites (N-methyl/N-ethyl adjacent to an activating group) is 1. The van der Waals surface area contributed by atoms with Crippen molar-refractivity contribution in [2.45, 2.75) is 76.8 Å². The summed E-state index contributed by atoms with van der Waals surface area (Å²) >= 11 is 0. The third kappa shape index (κ3) is 2.98. The first kappa shape index (κ1) is 14.0. The summed E-state index contributed by atoms with van der Waals surface area (Å²) in [5.74, 6) is 0. The van der Waals surface area contributed by atoms with E-state index in [-0.39, 0.29) is 5.54 Å². The molecule has 1 atom stereocenters. The summed E-state index contributed by atoms with van der Waals surface area (Å²) in [5.41, 5.74) is 6.35. The van der Waals surface area contributed by atoms with Crippen LogP contribution in [-0.2, 0) is 0 Å². The van der Waals surface area contributed by atoms with Gasteiger partial charge in [-0.25, -0.2) is 0 Å². The SMILES string of the molecule is CCCCC(CC)(CN)N(C)C1CCCC1. The van der Waals surface area contributed by atoms with E-state index in [1.165, 1.54) is 51.4 Å². The second kappa shape index (κ2) is 6.61. The van der Waals surface area contributed by atoms with E-state index < -0.39 is 0 Å². The van der Waals surface area contributed by atoms with Crippen LogP contribution in [0.15, 0.2) is 0 Å². The molecule has 1 rings (SSSR count). The van der Waals surface area contributed by atoms with Crippen LogP contribution in [0.4, 0.5) is 0 Å². The summed E-state index contributed by atoms with van der Waals surface area (Å²) < 4.78 is 0. The molecule has 1 saturated carbocycles. The predicted octanol–water partition coefficient (Wildman–Crippen LogP) is 3.16. The van der Waals surface area contributed by atoms with Gasteiger partial charge in [-0.1, -0.05) is 39.5 Å². The quantitative estimate of drug-likeness (QED) is 0.722. The summed E-state index contributed by atoms with van der Waals surface area (Å²) in [7, 11) is 2.31. The lowest BCUT2D eigenvalue weighted by Crippen LogP contribution is -2.55. The molecule has 0 spiro atoms. The third-order valence-corrected chi connectivity index (χ3v) is 4.65.